The van der Waals surface area contributed by atoms with Crippen LogP contribution in [0.2, 0.25) is 5.02 Å². The smallest absolute Gasteiger partial charge is 0.306 e. The maximum absolute atomic E-state index is 12.4. The first-order chi connectivity index (χ1) is 13.0. The van der Waals surface area contributed by atoms with E-state index in [4.69, 9.17) is 16.3 Å². The Labute approximate surface area is 162 Å². The van der Waals surface area contributed by atoms with Crippen molar-refractivity contribution in [3.8, 4) is 0 Å². The summed E-state index contributed by atoms with van der Waals surface area (Å²) in [6, 6.07) is 14.2. The van der Waals surface area contributed by atoms with Crippen molar-refractivity contribution in [2.24, 2.45) is 0 Å². The highest BCUT2D eigenvalue weighted by molar-refractivity contribution is 6.30. The fourth-order valence-corrected chi connectivity index (χ4v) is 3.21. The number of hydrogen-bond donors (Lipinski definition) is 0. The molecule has 1 heterocycles. The van der Waals surface area contributed by atoms with Gasteiger partial charge in [0.25, 0.3) is 5.91 Å². The Hall–Kier alpha value is -2.66. The zero-order valence-corrected chi connectivity index (χ0v) is 15.6. The molecule has 3 rings (SSSR count). The minimum atomic E-state index is -0.559. The fourth-order valence-electron chi connectivity index (χ4n) is 3.08. The number of anilines is 1. The van der Waals surface area contributed by atoms with E-state index in [0.717, 1.165) is 24.1 Å². The van der Waals surface area contributed by atoms with Crippen LogP contribution in [0.1, 0.15) is 35.2 Å². The van der Waals surface area contributed by atoms with Crippen LogP contribution in [0.15, 0.2) is 48.5 Å². The van der Waals surface area contributed by atoms with Gasteiger partial charge >= 0.3 is 5.97 Å². The predicted molar refractivity (Wildman–Crippen MR) is 103 cm³/mol. The zero-order chi connectivity index (χ0) is 19.2. The number of ether oxygens (including phenoxy) is 1. The van der Waals surface area contributed by atoms with Gasteiger partial charge < -0.3 is 9.64 Å². The summed E-state index contributed by atoms with van der Waals surface area (Å²) < 4.78 is 5.07. The number of carbonyl (C=O) groups excluding carboxylic acids is 3. The van der Waals surface area contributed by atoms with Crippen LogP contribution in [0.25, 0.3) is 0 Å². The van der Waals surface area contributed by atoms with Crippen molar-refractivity contribution in [3.05, 3.63) is 64.7 Å². The van der Waals surface area contributed by atoms with Crippen LogP contribution >= 0.6 is 11.6 Å². The van der Waals surface area contributed by atoms with Gasteiger partial charge in [0.1, 0.15) is 0 Å². The number of para-hydroxylation sites is 1. The molecule has 0 saturated carbocycles. The molecule has 1 amide bonds. The number of aryl methyl sites for hydroxylation is 1. The van der Waals surface area contributed by atoms with E-state index in [0.29, 0.717) is 17.1 Å². The van der Waals surface area contributed by atoms with Gasteiger partial charge in [-0.2, -0.15) is 0 Å². The number of benzene rings is 2. The molecular weight excluding hydrogens is 366 g/mol. The van der Waals surface area contributed by atoms with Crippen LogP contribution in [0.3, 0.4) is 0 Å². The lowest BCUT2D eigenvalue weighted by Crippen LogP contribution is -2.38. The van der Waals surface area contributed by atoms with Crippen molar-refractivity contribution < 1.29 is 19.1 Å². The second-order valence-corrected chi connectivity index (χ2v) is 6.80. The first kappa shape index (κ1) is 19.1. The number of ketones is 1. The maximum Gasteiger partial charge on any atom is 0.306 e. The Morgan fingerprint density at radius 3 is 2.52 bits per heavy atom. The minimum absolute atomic E-state index is 0.0290. The lowest BCUT2D eigenvalue weighted by atomic mass is 10.0. The molecule has 0 bridgehead atoms. The van der Waals surface area contributed by atoms with Gasteiger partial charge in [-0.3, -0.25) is 14.4 Å². The molecule has 0 unspecified atom stereocenters. The third kappa shape index (κ3) is 4.95. The molecule has 1 aliphatic heterocycles. The molecule has 0 aromatic heterocycles. The summed E-state index contributed by atoms with van der Waals surface area (Å²) in [5.41, 5.74) is 2.49. The van der Waals surface area contributed by atoms with E-state index in [-0.39, 0.29) is 31.1 Å². The van der Waals surface area contributed by atoms with Crippen LogP contribution < -0.4 is 4.90 Å². The second kappa shape index (κ2) is 8.82. The SMILES string of the molecule is O=C(CCC(=O)c1ccc(Cl)cc1)OCC(=O)N1CCCc2ccccc21. The van der Waals surface area contributed by atoms with E-state index < -0.39 is 5.97 Å². The number of esters is 1. The molecule has 0 aliphatic carbocycles. The summed E-state index contributed by atoms with van der Waals surface area (Å²) >= 11 is 5.79. The van der Waals surface area contributed by atoms with Gasteiger partial charge in [-0.25, -0.2) is 0 Å². The van der Waals surface area contributed by atoms with Gasteiger partial charge in [0.15, 0.2) is 12.4 Å². The van der Waals surface area contributed by atoms with Crippen molar-refractivity contribution in [3.63, 3.8) is 0 Å². The standard InChI is InChI=1S/C21H20ClNO4/c22-17-9-7-16(8-10-17)19(24)11-12-21(26)27-14-20(25)23-13-3-5-15-4-1-2-6-18(15)23/h1-2,4,6-10H,3,5,11-14H2. The van der Waals surface area contributed by atoms with Gasteiger partial charge in [-0.15, -0.1) is 0 Å². The van der Waals surface area contributed by atoms with Crippen LogP contribution in [-0.4, -0.2) is 30.8 Å². The Balaban J connectivity index is 1.47. The van der Waals surface area contributed by atoms with Crippen molar-refractivity contribution in [2.45, 2.75) is 25.7 Å². The molecule has 1 aliphatic rings. The molecule has 0 saturated heterocycles. The van der Waals surface area contributed by atoms with Crippen molar-refractivity contribution in [1.29, 1.82) is 0 Å². The number of hydrogen-bond acceptors (Lipinski definition) is 4. The number of fused-ring (bicyclic) bond motifs is 1. The molecule has 0 radical (unpaired) electrons. The third-order valence-electron chi connectivity index (χ3n) is 4.49. The van der Waals surface area contributed by atoms with E-state index in [2.05, 4.69) is 0 Å². The topological polar surface area (TPSA) is 63.7 Å². The summed E-state index contributed by atoms with van der Waals surface area (Å²) in [5.74, 6) is -0.976. The maximum atomic E-state index is 12.4. The summed E-state index contributed by atoms with van der Waals surface area (Å²) in [4.78, 5) is 38.0. The third-order valence-corrected chi connectivity index (χ3v) is 4.74. The number of rotatable bonds is 6. The van der Waals surface area contributed by atoms with Gasteiger partial charge in [-0.1, -0.05) is 29.8 Å². The predicted octanol–water partition coefficient (Wildman–Crippen LogP) is 3.83. The molecule has 0 N–H and O–H groups in total. The van der Waals surface area contributed by atoms with E-state index in [1.807, 2.05) is 24.3 Å². The lowest BCUT2D eigenvalue weighted by Gasteiger charge is -2.29. The molecule has 2 aromatic rings. The minimum Gasteiger partial charge on any atom is -0.456 e. The number of nitrogens with zero attached hydrogens (tertiary/aromatic N) is 1. The van der Waals surface area contributed by atoms with Crippen LogP contribution in [0, 0.1) is 0 Å². The summed E-state index contributed by atoms with van der Waals surface area (Å²) in [6.07, 6.45) is 1.78. The Kier molecular flexibility index (Phi) is 6.24. The van der Waals surface area contributed by atoms with Gasteiger partial charge in [-0.05, 0) is 48.7 Å². The monoisotopic (exact) mass is 385 g/mol. The Morgan fingerprint density at radius 2 is 1.74 bits per heavy atom. The summed E-state index contributed by atoms with van der Waals surface area (Å²) in [5, 5.41) is 0.545. The Bertz CT molecular complexity index is 848. The zero-order valence-electron chi connectivity index (χ0n) is 14.8. The van der Waals surface area contributed by atoms with E-state index in [1.54, 1.807) is 29.2 Å². The average Bonchev–Trinajstić information content (AvgIpc) is 2.70. The highest BCUT2D eigenvalue weighted by Gasteiger charge is 2.23. The first-order valence-corrected chi connectivity index (χ1v) is 9.25. The fraction of sp³-hybridized carbons (Fsp3) is 0.286. The molecule has 140 valence electrons. The molecule has 2 aromatic carbocycles. The molecule has 0 fully saturated rings. The van der Waals surface area contributed by atoms with Crippen molar-refractivity contribution >= 4 is 34.9 Å². The number of halogens is 1. The molecule has 27 heavy (non-hydrogen) atoms. The molecular formula is C21H20ClNO4. The lowest BCUT2D eigenvalue weighted by molar-refractivity contribution is -0.147. The normalized spacial score (nSPS) is 13.0. The number of Topliss-reactive ketones (excluding diaryl/α,β-unsaturated/α-hetero) is 1. The number of amides is 1. The van der Waals surface area contributed by atoms with E-state index >= 15 is 0 Å². The van der Waals surface area contributed by atoms with Gasteiger partial charge in [0.05, 0.1) is 6.42 Å². The number of carbonyl (C=O) groups is 3. The molecule has 6 heteroatoms. The van der Waals surface area contributed by atoms with Crippen molar-refractivity contribution in [2.75, 3.05) is 18.1 Å². The molecule has 0 spiro atoms. The first-order valence-electron chi connectivity index (χ1n) is 8.87. The average molecular weight is 386 g/mol. The van der Waals surface area contributed by atoms with Crippen LogP contribution in [-0.2, 0) is 20.7 Å². The largest absolute Gasteiger partial charge is 0.456 e. The van der Waals surface area contributed by atoms with Crippen LogP contribution in [0.5, 0.6) is 0 Å². The highest BCUT2D eigenvalue weighted by Crippen LogP contribution is 2.26. The van der Waals surface area contributed by atoms with Gasteiger partial charge in [0.2, 0.25) is 0 Å². The highest BCUT2D eigenvalue weighted by atomic mass is 35.5. The van der Waals surface area contributed by atoms with Crippen LogP contribution in [0.4, 0.5) is 5.69 Å². The second-order valence-electron chi connectivity index (χ2n) is 6.37. The molecule has 0 atom stereocenters. The summed E-state index contributed by atoms with van der Waals surface area (Å²) in [7, 11) is 0. The van der Waals surface area contributed by atoms with E-state index in [1.165, 1.54) is 0 Å². The quantitative estimate of drug-likeness (QED) is 0.560. The van der Waals surface area contributed by atoms with E-state index in [9.17, 15) is 14.4 Å². The Morgan fingerprint density at radius 1 is 1.00 bits per heavy atom. The molecule has 5 nitrogen and oxygen atoms in total. The van der Waals surface area contributed by atoms with Gasteiger partial charge in [0, 0.05) is 29.2 Å². The summed E-state index contributed by atoms with van der Waals surface area (Å²) in [6.45, 7) is 0.296. The van der Waals surface area contributed by atoms with Crippen molar-refractivity contribution in [1.82, 2.24) is 0 Å².